The molecule has 2 aromatic rings. The second-order valence-corrected chi connectivity index (χ2v) is 4.17. The molecule has 0 bridgehead atoms. The van der Waals surface area contributed by atoms with Gasteiger partial charge in [0.15, 0.2) is 0 Å². The third-order valence-corrected chi connectivity index (χ3v) is 2.70. The molecule has 84 valence electrons. The SMILES string of the molecule is N#Cc1ccc(Oc2cccc(F)c2)c(Br)c1. The fraction of sp³-hybridized carbons (Fsp3) is 0. The van der Waals surface area contributed by atoms with Gasteiger partial charge in [0.1, 0.15) is 17.3 Å². The van der Waals surface area contributed by atoms with Gasteiger partial charge in [0.2, 0.25) is 0 Å². The normalized spacial score (nSPS) is 9.71. The van der Waals surface area contributed by atoms with Gasteiger partial charge in [-0.25, -0.2) is 4.39 Å². The highest BCUT2D eigenvalue weighted by atomic mass is 79.9. The number of rotatable bonds is 2. The first-order valence-electron chi connectivity index (χ1n) is 4.82. The van der Waals surface area contributed by atoms with Crippen LogP contribution in [0.1, 0.15) is 5.56 Å². The van der Waals surface area contributed by atoms with E-state index in [-0.39, 0.29) is 5.82 Å². The highest BCUT2D eigenvalue weighted by Crippen LogP contribution is 2.30. The van der Waals surface area contributed by atoms with Crippen molar-refractivity contribution in [2.24, 2.45) is 0 Å². The van der Waals surface area contributed by atoms with E-state index in [4.69, 9.17) is 10.00 Å². The van der Waals surface area contributed by atoms with Crippen molar-refractivity contribution < 1.29 is 9.13 Å². The van der Waals surface area contributed by atoms with Crippen molar-refractivity contribution in [3.8, 4) is 17.6 Å². The maximum absolute atomic E-state index is 13.0. The predicted octanol–water partition coefficient (Wildman–Crippen LogP) is 4.25. The van der Waals surface area contributed by atoms with E-state index in [0.29, 0.717) is 21.5 Å². The van der Waals surface area contributed by atoms with E-state index in [1.54, 1.807) is 30.3 Å². The van der Waals surface area contributed by atoms with Crippen molar-refractivity contribution in [3.63, 3.8) is 0 Å². The third kappa shape index (κ3) is 2.83. The summed E-state index contributed by atoms with van der Waals surface area (Å²) in [4.78, 5) is 0. The monoisotopic (exact) mass is 291 g/mol. The lowest BCUT2D eigenvalue weighted by atomic mass is 10.2. The van der Waals surface area contributed by atoms with E-state index >= 15 is 0 Å². The van der Waals surface area contributed by atoms with Crippen molar-refractivity contribution >= 4 is 15.9 Å². The minimum absolute atomic E-state index is 0.354. The smallest absolute Gasteiger partial charge is 0.141 e. The molecular formula is C13H7BrFNO. The Morgan fingerprint density at radius 1 is 1.18 bits per heavy atom. The first-order valence-corrected chi connectivity index (χ1v) is 5.61. The molecule has 2 rings (SSSR count). The van der Waals surface area contributed by atoms with E-state index in [1.165, 1.54) is 12.1 Å². The molecule has 0 heterocycles. The molecule has 0 aliphatic carbocycles. The number of nitriles is 1. The van der Waals surface area contributed by atoms with Crippen LogP contribution in [-0.2, 0) is 0 Å². The van der Waals surface area contributed by atoms with E-state index in [1.807, 2.05) is 6.07 Å². The topological polar surface area (TPSA) is 33.0 Å². The fourth-order valence-corrected chi connectivity index (χ4v) is 1.77. The van der Waals surface area contributed by atoms with Crippen molar-refractivity contribution in [2.45, 2.75) is 0 Å². The number of ether oxygens (including phenoxy) is 1. The second kappa shape index (κ2) is 4.98. The molecule has 17 heavy (non-hydrogen) atoms. The molecule has 0 saturated carbocycles. The summed E-state index contributed by atoms with van der Waals surface area (Å²) in [5.74, 6) is 0.595. The molecule has 0 atom stereocenters. The van der Waals surface area contributed by atoms with Gasteiger partial charge < -0.3 is 4.74 Å². The summed E-state index contributed by atoms with van der Waals surface area (Å²) in [6, 6.07) is 12.8. The zero-order valence-electron chi connectivity index (χ0n) is 8.65. The van der Waals surface area contributed by atoms with Crippen LogP contribution in [0.15, 0.2) is 46.9 Å². The molecule has 0 saturated heterocycles. The van der Waals surface area contributed by atoms with Crippen LogP contribution in [0, 0.1) is 17.1 Å². The summed E-state index contributed by atoms with van der Waals surface area (Å²) in [7, 11) is 0. The third-order valence-electron chi connectivity index (χ3n) is 2.08. The molecule has 4 heteroatoms. The largest absolute Gasteiger partial charge is 0.456 e. The second-order valence-electron chi connectivity index (χ2n) is 3.32. The molecule has 0 aliphatic heterocycles. The van der Waals surface area contributed by atoms with Gasteiger partial charge in [-0.2, -0.15) is 5.26 Å². The van der Waals surface area contributed by atoms with Gasteiger partial charge >= 0.3 is 0 Å². The van der Waals surface area contributed by atoms with Gasteiger partial charge in [0.05, 0.1) is 16.1 Å². The Bertz CT molecular complexity index is 592. The Morgan fingerprint density at radius 3 is 2.65 bits per heavy atom. The van der Waals surface area contributed by atoms with Gasteiger partial charge in [0, 0.05) is 6.07 Å². The molecule has 2 nitrogen and oxygen atoms in total. The Morgan fingerprint density at radius 2 is 2.00 bits per heavy atom. The van der Waals surface area contributed by atoms with Gasteiger partial charge in [-0.05, 0) is 46.3 Å². The van der Waals surface area contributed by atoms with Crippen molar-refractivity contribution in [1.29, 1.82) is 5.26 Å². The summed E-state index contributed by atoms with van der Waals surface area (Å²) in [6.07, 6.45) is 0. The molecule has 2 aromatic carbocycles. The number of halogens is 2. The van der Waals surface area contributed by atoms with Crippen LogP contribution in [0.3, 0.4) is 0 Å². The lowest BCUT2D eigenvalue weighted by Gasteiger charge is -2.07. The van der Waals surface area contributed by atoms with E-state index in [9.17, 15) is 4.39 Å². The van der Waals surface area contributed by atoms with E-state index in [0.717, 1.165) is 0 Å². The van der Waals surface area contributed by atoms with Gasteiger partial charge in [-0.1, -0.05) is 6.07 Å². The highest BCUT2D eigenvalue weighted by molar-refractivity contribution is 9.10. The van der Waals surface area contributed by atoms with Crippen LogP contribution in [0.5, 0.6) is 11.5 Å². The molecule has 0 spiro atoms. The van der Waals surface area contributed by atoms with Crippen LogP contribution in [0.4, 0.5) is 4.39 Å². The minimum Gasteiger partial charge on any atom is -0.456 e. The van der Waals surface area contributed by atoms with Crippen molar-refractivity contribution in [1.82, 2.24) is 0 Å². The molecule has 0 aromatic heterocycles. The summed E-state index contributed by atoms with van der Waals surface area (Å²) in [5.41, 5.74) is 0.531. The molecule has 0 amide bonds. The average molecular weight is 292 g/mol. The van der Waals surface area contributed by atoms with E-state index < -0.39 is 0 Å². The van der Waals surface area contributed by atoms with Crippen LogP contribution in [0.25, 0.3) is 0 Å². The fourth-order valence-electron chi connectivity index (χ4n) is 1.31. The lowest BCUT2D eigenvalue weighted by Crippen LogP contribution is -1.87. The first-order chi connectivity index (χ1) is 8.19. The maximum Gasteiger partial charge on any atom is 0.141 e. The first kappa shape index (κ1) is 11.6. The Labute approximate surface area is 106 Å². The van der Waals surface area contributed by atoms with Crippen molar-refractivity contribution in [3.05, 3.63) is 58.3 Å². The molecule has 0 radical (unpaired) electrons. The van der Waals surface area contributed by atoms with Gasteiger partial charge in [0.25, 0.3) is 0 Å². The summed E-state index contributed by atoms with van der Waals surface area (Å²) in [6.45, 7) is 0. The Kier molecular flexibility index (Phi) is 3.40. The van der Waals surface area contributed by atoms with Crippen LogP contribution >= 0.6 is 15.9 Å². The summed E-state index contributed by atoms with van der Waals surface area (Å²) >= 11 is 3.29. The number of hydrogen-bond acceptors (Lipinski definition) is 2. The van der Waals surface area contributed by atoms with Gasteiger partial charge in [-0.3, -0.25) is 0 Å². The maximum atomic E-state index is 13.0. The minimum atomic E-state index is -0.354. The number of hydrogen-bond donors (Lipinski definition) is 0. The Balaban J connectivity index is 2.28. The van der Waals surface area contributed by atoms with Crippen LogP contribution in [-0.4, -0.2) is 0 Å². The summed E-state index contributed by atoms with van der Waals surface area (Å²) in [5, 5.41) is 8.72. The van der Waals surface area contributed by atoms with Gasteiger partial charge in [-0.15, -0.1) is 0 Å². The lowest BCUT2D eigenvalue weighted by molar-refractivity contribution is 0.474. The predicted molar refractivity (Wildman–Crippen MR) is 65.3 cm³/mol. The van der Waals surface area contributed by atoms with Crippen molar-refractivity contribution in [2.75, 3.05) is 0 Å². The van der Waals surface area contributed by atoms with Crippen LogP contribution in [0.2, 0.25) is 0 Å². The zero-order chi connectivity index (χ0) is 12.3. The molecule has 0 aliphatic rings. The standard InChI is InChI=1S/C13H7BrFNO/c14-12-6-9(8-16)4-5-13(12)17-11-3-1-2-10(15)7-11/h1-7H. The summed E-state index contributed by atoms with van der Waals surface area (Å²) < 4.78 is 19.1. The zero-order valence-corrected chi connectivity index (χ0v) is 10.2. The average Bonchev–Trinajstić information content (AvgIpc) is 2.32. The quantitative estimate of drug-likeness (QED) is 0.828. The van der Waals surface area contributed by atoms with E-state index in [2.05, 4.69) is 15.9 Å². The molecule has 0 N–H and O–H groups in total. The number of benzene rings is 2. The molecular weight excluding hydrogens is 285 g/mol. The Hall–Kier alpha value is -1.86. The molecule has 0 fully saturated rings. The number of nitrogens with zero attached hydrogens (tertiary/aromatic N) is 1. The molecule has 0 unspecified atom stereocenters. The highest BCUT2D eigenvalue weighted by Gasteiger charge is 2.04. The van der Waals surface area contributed by atoms with Crippen LogP contribution < -0.4 is 4.74 Å².